The Morgan fingerprint density at radius 3 is 2.52 bits per heavy atom. The third-order valence-electron chi connectivity index (χ3n) is 4.84. The number of amides is 1. The van der Waals surface area contributed by atoms with E-state index in [1.165, 1.54) is 22.5 Å². The second-order valence-electron chi connectivity index (χ2n) is 7.29. The molecule has 1 aromatic carbocycles. The molecule has 0 unspecified atom stereocenters. The minimum Gasteiger partial charge on any atom is -0.352 e. The van der Waals surface area contributed by atoms with Crippen molar-refractivity contribution in [2.45, 2.75) is 26.1 Å². The van der Waals surface area contributed by atoms with Gasteiger partial charge < -0.3 is 10.2 Å². The van der Waals surface area contributed by atoms with Crippen molar-refractivity contribution >= 4 is 5.91 Å². The van der Waals surface area contributed by atoms with Crippen LogP contribution in [-0.4, -0.2) is 45.7 Å². The van der Waals surface area contributed by atoms with Crippen LogP contribution in [0.1, 0.15) is 33.6 Å². The van der Waals surface area contributed by atoms with Crippen molar-refractivity contribution in [2.24, 2.45) is 0 Å². The maximum atomic E-state index is 12.7. The van der Waals surface area contributed by atoms with Gasteiger partial charge in [-0.05, 0) is 44.6 Å². The highest BCUT2D eigenvalue weighted by Gasteiger charge is 2.30. The number of rotatable bonds is 8. The average molecular weight is 431 g/mol. The molecule has 0 radical (unpaired) electrons. The van der Waals surface area contributed by atoms with Crippen LogP contribution in [0.5, 0.6) is 0 Å². The Hall–Kier alpha value is -3.20. The molecule has 0 spiro atoms. The minimum atomic E-state index is -4.45. The number of nitrogens with zero attached hydrogens (tertiary/aromatic N) is 4. The standard InChI is InChI=1S/C22H24F3N5O/c1-16-19(14-28-30(16)20-10-9-18(13-27-20)22(23,24)25)21(31)26-11-6-12-29(2)15-17-7-4-3-5-8-17/h3-5,7-10,13-14H,6,11-12,15H2,1-2H3,(H,26,31). The summed E-state index contributed by atoms with van der Waals surface area (Å²) in [6, 6.07) is 12.3. The highest BCUT2D eigenvalue weighted by atomic mass is 19.4. The minimum absolute atomic E-state index is 0.215. The molecule has 0 aliphatic rings. The number of pyridine rings is 1. The Morgan fingerprint density at radius 1 is 1.13 bits per heavy atom. The molecule has 0 saturated carbocycles. The predicted molar refractivity (Wildman–Crippen MR) is 111 cm³/mol. The van der Waals surface area contributed by atoms with E-state index < -0.39 is 11.7 Å². The highest BCUT2D eigenvalue weighted by Crippen LogP contribution is 2.28. The molecule has 31 heavy (non-hydrogen) atoms. The van der Waals surface area contributed by atoms with Crippen LogP contribution in [0.4, 0.5) is 13.2 Å². The fourth-order valence-corrected chi connectivity index (χ4v) is 3.16. The quantitative estimate of drug-likeness (QED) is 0.551. The first kappa shape index (κ1) is 22.5. The second-order valence-corrected chi connectivity index (χ2v) is 7.29. The van der Waals surface area contributed by atoms with E-state index in [1.54, 1.807) is 6.92 Å². The number of hydrogen-bond acceptors (Lipinski definition) is 4. The summed E-state index contributed by atoms with van der Waals surface area (Å²) in [6.07, 6.45) is -1.53. The van der Waals surface area contributed by atoms with E-state index in [4.69, 9.17) is 0 Å². The van der Waals surface area contributed by atoms with Crippen molar-refractivity contribution in [3.8, 4) is 5.82 Å². The van der Waals surface area contributed by atoms with Gasteiger partial charge in [-0.25, -0.2) is 9.67 Å². The van der Waals surface area contributed by atoms with E-state index in [2.05, 4.69) is 32.4 Å². The SMILES string of the molecule is Cc1c(C(=O)NCCCN(C)Cc2ccccc2)cnn1-c1ccc(C(F)(F)F)cn1. The molecule has 6 nitrogen and oxygen atoms in total. The monoisotopic (exact) mass is 431 g/mol. The molecule has 0 bridgehead atoms. The Labute approximate surface area is 178 Å². The smallest absolute Gasteiger partial charge is 0.352 e. The molecule has 0 saturated heterocycles. The Bertz CT molecular complexity index is 1000. The summed E-state index contributed by atoms with van der Waals surface area (Å²) in [7, 11) is 2.03. The summed E-state index contributed by atoms with van der Waals surface area (Å²) in [4.78, 5) is 18.5. The zero-order valence-corrected chi connectivity index (χ0v) is 17.4. The lowest BCUT2D eigenvalue weighted by molar-refractivity contribution is -0.137. The van der Waals surface area contributed by atoms with Crippen molar-refractivity contribution < 1.29 is 18.0 Å². The largest absolute Gasteiger partial charge is 0.417 e. The fourth-order valence-electron chi connectivity index (χ4n) is 3.16. The number of carbonyl (C=O) groups excluding carboxylic acids is 1. The van der Waals surface area contributed by atoms with Gasteiger partial charge in [0.05, 0.1) is 23.0 Å². The molecule has 3 rings (SSSR count). The summed E-state index contributed by atoms with van der Waals surface area (Å²) in [5, 5.41) is 6.97. The lowest BCUT2D eigenvalue weighted by atomic mass is 10.2. The number of alkyl halides is 3. The molecule has 1 amide bonds. The molecule has 3 aromatic rings. The summed E-state index contributed by atoms with van der Waals surface area (Å²) < 4.78 is 39.4. The Morgan fingerprint density at radius 2 is 1.87 bits per heavy atom. The summed E-state index contributed by atoms with van der Waals surface area (Å²) in [5.41, 5.74) is 1.26. The van der Waals surface area contributed by atoms with E-state index in [0.29, 0.717) is 17.8 Å². The van der Waals surface area contributed by atoms with Gasteiger partial charge in [0.1, 0.15) is 0 Å². The topological polar surface area (TPSA) is 63.1 Å². The van der Waals surface area contributed by atoms with Crippen LogP contribution in [0.2, 0.25) is 0 Å². The first-order chi connectivity index (χ1) is 14.8. The number of halogens is 3. The van der Waals surface area contributed by atoms with Crippen LogP contribution >= 0.6 is 0 Å². The van der Waals surface area contributed by atoms with E-state index in [1.807, 2.05) is 25.2 Å². The van der Waals surface area contributed by atoms with E-state index >= 15 is 0 Å². The van der Waals surface area contributed by atoms with Crippen molar-refractivity contribution in [3.05, 3.63) is 77.2 Å². The van der Waals surface area contributed by atoms with Gasteiger partial charge in [0.25, 0.3) is 5.91 Å². The van der Waals surface area contributed by atoms with E-state index in [9.17, 15) is 18.0 Å². The van der Waals surface area contributed by atoms with Gasteiger partial charge in [-0.3, -0.25) is 4.79 Å². The molecule has 0 fully saturated rings. The Balaban J connectivity index is 1.52. The van der Waals surface area contributed by atoms with Gasteiger partial charge in [-0.15, -0.1) is 0 Å². The number of benzene rings is 1. The molecule has 1 N–H and O–H groups in total. The Kier molecular flexibility index (Phi) is 7.06. The van der Waals surface area contributed by atoms with Gasteiger partial charge in [-0.2, -0.15) is 18.3 Å². The van der Waals surface area contributed by atoms with Gasteiger partial charge in [0, 0.05) is 19.3 Å². The van der Waals surface area contributed by atoms with Gasteiger partial charge in [0.2, 0.25) is 0 Å². The molecule has 0 aliphatic carbocycles. The summed E-state index contributed by atoms with van der Waals surface area (Å²) >= 11 is 0. The van der Waals surface area contributed by atoms with Crippen LogP contribution in [-0.2, 0) is 12.7 Å². The van der Waals surface area contributed by atoms with Crippen molar-refractivity contribution in [3.63, 3.8) is 0 Å². The van der Waals surface area contributed by atoms with Crippen molar-refractivity contribution in [1.29, 1.82) is 0 Å². The zero-order valence-electron chi connectivity index (χ0n) is 17.4. The van der Waals surface area contributed by atoms with Crippen molar-refractivity contribution in [1.82, 2.24) is 25.0 Å². The van der Waals surface area contributed by atoms with E-state index in [0.717, 1.165) is 31.8 Å². The average Bonchev–Trinajstić information content (AvgIpc) is 3.12. The molecule has 9 heteroatoms. The van der Waals surface area contributed by atoms with Crippen LogP contribution in [0.3, 0.4) is 0 Å². The fraction of sp³-hybridized carbons (Fsp3) is 0.318. The lowest BCUT2D eigenvalue weighted by Crippen LogP contribution is -2.28. The molecule has 2 heterocycles. The maximum Gasteiger partial charge on any atom is 0.417 e. The predicted octanol–water partition coefficient (Wildman–Crippen LogP) is 3.85. The number of aromatic nitrogens is 3. The second kappa shape index (κ2) is 9.74. The molecule has 0 aliphatic heterocycles. The number of carbonyl (C=O) groups is 1. The van der Waals surface area contributed by atoms with Crippen LogP contribution in [0, 0.1) is 6.92 Å². The van der Waals surface area contributed by atoms with Gasteiger partial charge >= 0.3 is 6.18 Å². The first-order valence-electron chi connectivity index (χ1n) is 9.84. The van der Waals surface area contributed by atoms with Crippen molar-refractivity contribution in [2.75, 3.05) is 20.1 Å². The van der Waals surface area contributed by atoms with Gasteiger partial charge in [-0.1, -0.05) is 30.3 Å². The molecular formula is C22H24F3N5O. The van der Waals surface area contributed by atoms with Crippen LogP contribution < -0.4 is 5.32 Å². The third kappa shape index (κ3) is 5.91. The zero-order chi connectivity index (χ0) is 22.4. The van der Waals surface area contributed by atoms with Crippen LogP contribution in [0.25, 0.3) is 5.82 Å². The van der Waals surface area contributed by atoms with Crippen LogP contribution in [0.15, 0.2) is 54.9 Å². The molecule has 0 atom stereocenters. The molecular weight excluding hydrogens is 407 g/mol. The molecule has 2 aromatic heterocycles. The number of nitrogens with one attached hydrogen (secondary N) is 1. The number of hydrogen-bond donors (Lipinski definition) is 1. The third-order valence-corrected chi connectivity index (χ3v) is 4.84. The highest BCUT2D eigenvalue weighted by molar-refractivity contribution is 5.95. The maximum absolute atomic E-state index is 12.7. The summed E-state index contributed by atoms with van der Waals surface area (Å²) in [6.45, 7) is 3.83. The summed E-state index contributed by atoms with van der Waals surface area (Å²) in [5.74, 6) is -0.0616. The normalized spacial score (nSPS) is 11.7. The van der Waals surface area contributed by atoms with E-state index in [-0.39, 0.29) is 11.7 Å². The van der Waals surface area contributed by atoms with Gasteiger partial charge in [0.15, 0.2) is 5.82 Å². The molecule has 164 valence electrons. The lowest BCUT2D eigenvalue weighted by Gasteiger charge is -2.16. The first-order valence-corrected chi connectivity index (χ1v) is 9.84.